The number of rotatable bonds is 5. The number of nitrogens with one attached hydrogen (secondary N) is 1. The molecule has 10 nitrogen and oxygen atoms in total. The van der Waals surface area contributed by atoms with Crippen LogP contribution in [0.3, 0.4) is 0 Å². The largest absolute Gasteiger partial charge is 0.447 e. The fourth-order valence-electron chi connectivity index (χ4n) is 3.86. The zero-order chi connectivity index (χ0) is 28.1. The number of amides is 4. The lowest BCUT2D eigenvalue weighted by molar-refractivity contribution is -0.136. The molecule has 1 heterocycles. The standard InChI is InChI=1S/C28H35N3O7/c1-27(2,3)37-24(33)29-31(26(35)38-28(4,5)6)22(20-15-11-8-12-16-20)23(32)30-21(18-36-25(30)34)17-19-13-9-7-10-14-19/h7-16,21-22H,17-18H2,1-6H3,(H,29,33)/t21-,22-/m0/s1. The van der Waals surface area contributed by atoms with Crippen molar-refractivity contribution < 1.29 is 33.4 Å². The van der Waals surface area contributed by atoms with Gasteiger partial charge in [0.1, 0.15) is 17.8 Å². The number of nitrogens with zero attached hydrogens (tertiary/aromatic N) is 2. The van der Waals surface area contributed by atoms with Crippen LogP contribution in [0.15, 0.2) is 60.7 Å². The fourth-order valence-corrected chi connectivity index (χ4v) is 3.86. The van der Waals surface area contributed by atoms with E-state index in [1.54, 1.807) is 71.9 Å². The van der Waals surface area contributed by atoms with E-state index in [1.165, 1.54) is 0 Å². The number of carbonyl (C=O) groups is 4. The summed E-state index contributed by atoms with van der Waals surface area (Å²) >= 11 is 0. The van der Waals surface area contributed by atoms with Crippen molar-refractivity contribution in [3.05, 3.63) is 71.8 Å². The number of carbonyl (C=O) groups excluding carboxylic acids is 4. The van der Waals surface area contributed by atoms with Gasteiger partial charge in [0.05, 0.1) is 6.04 Å². The molecule has 0 saturated carbocycles. The van der Waals surface area contributed by atoms with Crippen molar-refractivity contribution in [3.63, 3.8) is 0 Å². The van der Waals surface area contributed by atoms with Crippen LogP contribution in [0.2, 0.25) is 0 Å². The highest BCUT2D eigenvalue weighted by molar-refractivity contribution is 5.98. The molecule has 1 saturated heterocycles. The van der Waals surface area contributed by atoms with Crippen molar-refractivity contribution in [2.45, 2.75) is 71.2 Å². The smallest absolute Gasteiger partial charge is 0.430 e. The third-order valence-corrected chi connectivity index (χ3v) is 5.32. The molecule has 2 aromatic rings. The Morgan fingerprint density at radius 3 is 2.05 bits per heavy atom. The third kappa shape index (κ3) is 7.71. The molecule has 38 heavy (non-hydrogen) atoms. The van der Waals surface area contributed by atoms with Gasteiger partial charge in [-0.2, -0.15) is 5.01 Å². The molecule has 0 aliphatic carbocycles. The van der Waals surface area contributed by atoms with Crippen LogP contribution >= 0.6 is 0 Å². The predicted octanol–water partition coefficient (Wildman–Crippen LogP) is 4.99. The molecule has 3 rings (SSSR count). The van der Waals surface area contributed by atoms with E-state index < -0.39 is 47.5 Å². The maximum Gasteiger partial charge on any atom is 0.430 e. The molecule has 204 valence electrons. The Balaban J connectivity index is 2.03. The van der Waals surface area contributed by atoms with Crippen LogP contribution < -0.4 is 5.43 Å². The van der Waals surface area contributed by atoms with Crippen LogP contribution in [0.25, 0.3) is 0 Å². The van der Waals surface area contributed by atoms with E-state index in [-0.39, 0.29) is 6.61 Å². The molecular weight excluding hydrogens is 490 g/mol. The summed E-state index contributed by atoms with van der Waals surface area (Å²) in [5.41, 5.74) is 1.80. The van der Waals surface area contributed by atoms with Gasteiger partial charge in [-0.3, -0.25) is 4.79 Å². The summed E-state index contributed by atoms with van der Waals surface area (Å²) in [4.78, 5) is 54.1. The average Bonchev–Trinajstić information content (AvgIpc) is 3.17. The van der Waals surface area contributed by atoms with E-state index in [0.717, 1.165) is 15.5 Å². The summed E-state index contributed by atoms with van der Waals surface area (Å²) in [6.45, 7) is 9.96. The van der Waals surface area contributed by atoms with Crippen LogP contribution in [0, 0.1) is 0 Å². The number of benzene rings is 2. The first-order valence-electron chi connectivity index (χ1n) is 12.4. The molecule has 0 aromatic heterocycles. The van der Waals surface area contributed by atoms with Gasteiger partial charge in [0, 0.05) is 0 Å². The zero-order valence-electron chi connectivity index (χ0n) is 22.6. The van der Waals surface area contributed by atoms with E-state index >= 15 is 0 Å². The second-order valence-corrected chi connectivity index (χ2v) is 10.9. The van der Waals surface area contributed by atoms with Crippen molar-refractivity contribution in [1.29, 1.82) is 0 Å². The number of hydrazine groups is 1. The lowest BCUT2D eigenvalue weighted by atomic mass is 10.0. The van der Waals surface area contributed by atoms with Crippen LogP contribution in [0.5, 0.6) is 0 Å². The Morgan fingerprint density at radius 2 is 1.50 bits per heavy atom. The fraction of sp³-hybridized carbons (Fsp3) is 0.429. The Labute approximate surface area is 222 Å². The highest BCUT2D eigenvalue weighted by Gasteiger charge is 2.46. The number of imide groups is 1. The maximum atomic E-state index is 14.1. The van der Waals surface area contributed by atoms with E-state index in [9.17, 15) is 19.2 Å². The quantitative estimate of drug-likeness (QED) is 0.432. The summed E-state index contributed by atoms with van der Waals surface area (Å²) in [6, 6.07) is 15.6. The van der Waals surface area contributed by atoms with Gasteiger partial charge in [-0.05, 0) is 59.1 Å². The van der Waals surface area contributed by atoms with Gasteiger partial charge in [0.25, 0.3) is 5.91 Å². The SMILES string of the molecule is CC(C)(C)OC(=O)NN(C(=O)OC(C)(C)C)[C@H](C(=O)N1C(=O)OC[C@@H]1Cc1ccccc1)c1ccccc1. The molecule has 4 amide bonds. The molecule has 0 radical (unpaired) electrons. The highest BCUT2D eigenvalue weighted by atomic mass is 16.6. The lowest BCUT2D eigenvalue weighted by Gasteiger charge is -2.35. The molecule has 2 aromatic carbocycles. The van der Waals surface area contributed by atoms with Gasteiger partial charge in [-0.25, -0.2) is 24.7 Å². The normalized spacial score (nSPS) is 16.3. The van der Waals surface area contributed by atoms with Crippen molar-refractivity contribution in [2.24, 2.45) is 0 Å². The lowest BCUT2D eigenvalue weighted by Crippen LogP contribution is -2.56. The minimum absolute atomic E-state index is 0.00703. The van der Waals surface area contributed by atoms with Gasteiger partial charge in [0.2, 0.25) is 0 Å². The number of hydrogen-bond donors (Lipinski definition) is 1. The molecule has 0 bridgehead atoms. The van der Waals surface area contributed by atoms with E-state index in [4.69, 9.17) is 14.2 Å². The number of hydrogen-bond acceptors (Lipinski definition) is 7. The minimum Gasteiger partial charge on any atom is -0.447 e. The van der Waals surface area contributed by atoms with Crippen LogP contribution in [0.1, 0.15) is 58.7 Å². The molecule has 0 spiro atoms. The summed E-state index contributed by atoms with van der Waals surface area (Å²) in [6.07, 6.45) is -2.45. The molecule has 1 N–H and O–H groups in total. The number of cyclic esters (lactones) is 1. The van der Waals surface area contributed by atoms with Gasteiger partial charge < -0.3 is 14.2 Å². The maximum absolute atomic E-state index is 14.1. The van der Waals surface area contributed by atoms with E-state index in [0.29, 0.717) is 12.0 Å². The average molecular weight is 526 g/mol. The first kappa shape index (κ1) is 28.5. The summed E-state index contributed by atoms with van der Waals surface area (Å²) in [7, 11) is 0. The van der Waals surface area contributed by atoms with Crippen molar-refractivity contribution in [2.75, 3.05) is 6.61 Å². The Morgan fingerprint density at radius 1 is 0.947 bits per heavy atom. The monoisotopic (exact) mass is 525 g/mol. The van der Waals surface area contributed by atoms with Crippen molar-refractivity contribution in [1.82, 2.24) is 15.3 Å². The topological polar surface area (TPSA) is 114 Å². The van der Waals surface area contributed by atoms with E-state index in [2.05, 4.69) is 5.43 Å². The minimum atomic E-state index is -1.46. The molecule has 2 atom stereocenters. The van der Waals surface area contributed by atoms with E-state index in [1.807, 2.05) is 30.3 Å². The molecule has 1 fully saturated rings. The number of ether oxygens (including phenoxy) is 3. The van der Waals surface area contributed by atoms with Gasteiger partial charge in [-0.15, -0.1) is 0 Å². The van der Waals surface area contributed by atoms with Crippen LogP contribution in [-0.2, 0) is 25.4 Å². The zero-order valence-corrected chi connectivity index (χ0v) is 22.6. The summed E-state index contributed by atoms with van der Waals surface area (Å²) in [5, 5.41) is 0.766. The highest BCUT2D eigenvalue weighted by Crippen LogP contribution is 2.29. The third-order valence-electron chi connectivity index (χ3n) is 5.32. The first-order chi connectivity index (χ1) is 17.7. The molecular formula is C28H35N3O7. The van der Waals surface area contributed by atoms with Gasteiger partial charge in [-0.1, -0.05) is 60.7 Å². The predicted molar refractivity (Wildman–Crippen MR) is 139 cm³/mol. The summed E-state index contributed by atoms with van der Waals surface area (Å²) in [5.74, 6) is -0.762. The van der Waals surface area contributed by atoms with Crippen LogP contribution in [0.4, 0.5) is 14.4 Å². The van der Waals surface area contributed by atoms with Crippen LogP contribution in [-0.4, -0.2) is 57.9 Å². The molecule has 10 heteroatoms. The molecule has 0 unspecified atom stereocenters. The first-order valence-corrected chi connectivity index (χ1v) is 12.4. The second-order valence-electron chi connectivity index (χ2n) is 10.9. The van der Waals surface area contributed by atoms with Gasteiger partial charge in [0.15, 0.2) is 6.04 Å². The Bertz CT molecular complexity index is 1140. The summed E-state index contributed by atoms with van der Waals surface area (Å²) < 4.78 is 16.1. The van der Waals surface area contributed by atoms with Gasteiger partial charge >= 0.3 is 18.3 Å². The Hall–Kier alpha value is -4.08. The van der Waals surface area contributed by atoms with Crippen molar-refractivity contribution >= 4 is 24.2 Å². The molecule has 1 aliphatic heterocycles. The van der Waals surface area contributed by atoms with Crippen molar-refractivity contribution in [3.8, 4) is 0 Å². The Kier molecular flexibility index (Phi) is 8.65. The molecule has 1 aliphatic rings. The second kappa shape index (κ2) is 11.5.